The highest BCUT2D eigenvalue weighted by atomic mass is 16.1. The van der Waals surface area contributed by atoms with E-state index in [1.54, 1.807) is 6.07 Å². The Hall–Kier alpha value is -2.17. The van der Waals surface area contributed by atoms with Gasteiger partial charge in [0.15, 0.2) is 0 Å². The molecule has 1 amide bonds. The van der Waals surface area contributed by atoms with Crippen LogP contribution in [0.25, 0.3) is 10.9 Å². The lowest BCUT2D eigenvalue weighted by atomic mass is 10.2. The van der Waals surface area contributed by atoms with Gasteiger partial charge < -0.3 is 10.3 Å². The quantitative estimate of drug-likeness (QED) is 0.842. The van der Waals surface area contributed by atoms with Crippen LogP contribution >= 0.6 is 0 Å². The number of rotatable bonds is 6. The fraction of sp³-hybridized carbons (Fsp3) is 0.400. The minimum absolute atomic E-state index is 0.0509. The number of hydrogen-bond donors (Lipinski definition) is 2. The van der Waals surface area contributed by atoms with Gasteiger partial charge in [-0.25, -0.2) is 4.98 Å². The van der Waals surface area contributed by atoms with E-state index in [9.17, 15) is 9.59 Å². The Morgan fingerprint density at radius 2 is 2.15 bits per heavy atom. The number of hydrogen-bond acceptors (Lipinski definition) is 3. The highest BCUT2D eigenvalue weighted by molar-refractivity contribution is 5.77. The molecule has 2 aromatic rings. The van der Waals surface area contributed by atoms with E-state index in [1.165, 1.54) is 0 Å². The normalized spacial score (nSPS) is 10.7. The molecule has 0 radical (unpaired) electrons. The number of amides is 1. The second-order valence-electron chi connectivity index (χ2n) is 4.73. The maximum absolute atomic E-state index is 11.9. The van der Waals surface area contributed by atoms with Gasteiger partial charge in [-0.05, 0) is 18.6 Å². The predicted molar refractivity (Wildman–Crippen MR) is 78.6 cm³/mol. The second-order valence-corrected chi connectivity index (χ2v) is 4.73. The van der Waals surface area contributed by atoms with Crippen LogP contribution in [0.5, 0.6) is 0 Å². The van der Waals surface area contributed by atoms with Crippen molar-refractivity contribution in [2.24, 2.45) is 0 Å². The van der Waals surface area contributed by atoms with E-state index in [2.05, 4.69) is 22.2 Å². The Morgan fingerprint density at radius 1 is 1.35 bits per heavy atom. The Kier molecular flexibility index (Phi) is 4.87. The van der Waals surface area contributed by atoms with E-state index >= 15 is 0 Å². The van der Waals surface area contributed by atoms with E-state index in [-0.39, 0.29) is 11.5 Å². The Balaban J connectivity index is 1.97. The second kappa shape index (κ2) is 6.84. The molecule has 0 saturated heterocycles. The smallest absolute Gasteiger partial charge is 0.258 e. The molecule has 0 aliphatic carbocycles. The lowest BCUT2D eigenvalue weighted by molar-refractivity contribution is -0.121. The third-order valence-electron chi connectivity index (χ3n) is 3.10. The maximum Gasteiger partial charge on any atom is 0.258 e. The van der Waals surface area contributed by atoms with Gasteiger partial charge in [-0.3, -0.25) is 9.59 Å². The summed E-state index contributed by atoms with van der Waals surface area (Å²) in [5, 5.41) is 3.42. The molecule has 5 heteroatoms. The third kappa shape index (κ3) is 3.66. The molecule has 20 heavy (non-hydrogen) atoms. The molecule has 0 unspecified atom stereocenters. The predicted octanol–water partition coefficient (Wildman–Crippen LogP) is 1.77. The molecule has 0 fully saturated rings. The molecule has 2 rings (SSSR count). The number of aromatic nitrogens is 2. The van der Waals surface area contributed by atoms with Crippen molar-refractivity contribution in [1.82, 2.24) is 15.3 Å². The summed E-state index contributed by atoms with van der Waals surface area (Å²) < 4.78 is 0. The van der Waals surface area contributed by atoms with Crippen molar-refractivity contribution in [3.63, 3.8) is 0 Å². The molecule has 2 N–H and O–H groups in total. The Labute approximate surface area is 117 Å². The molecule has 1 aromatic heterocycles. The van der Waals surface area contributed by atoms with Gasteiger partial charge in [0.25, 0.3) is 5.56 Å². The van der Waals surface area contributed by atoms with Crippen LogP contribution < -0.4 is 10.9 Å². The van der Waals surface area contributed by atoms with Gasteiger partial charge >= 0.3 is 0 Å². The SMILES string of the molecule is CCCCC(=O)NCCc1nc2ccccc2c(=O)[nH]1. The van der Waals surface area contributed by atoms with Crippen molar-refractivity contribution in [1.29, 1.82) is 0 Å². The lowest BCUT2D eigenvalue weighted by Gasteiger charge is -2.05. The Morgan fingerprint density at radius 3 is 2.95 bits per heavy atom. The van der Waals surface area contributed by atoms with E-state index in [4.69, 9.17) is 0 Å². The number of H-pyrrole nitrogens is 1. The minimum atomic E-state index is -0.136. The fourth-order valence-corrected chi connectivity index (χ4v) is 2.00. The van der Waals surface area contributed by atoms with E-state index in [0.29, 0.717) is 36.1 Å². The standard InChI is InChI=1S/C15H19N3O2/c1-2-3-8-14(19)16-10-9-13-17-12-7-5-4-6-11(12)15(20)18-13/h4-7H,2-3,8-10H2,1H3,(H,16,19)(H,17,18,20). The summed E-state index contributed by atoms with van der Waals surface area (Å²) in [5.74, 6) is 0.652. The van der Waals surface area contributed by atoms with Crippen LogP contribution in [0, 0.1) is 0 Å². The molecule has 0 atom stereocenters. The van der Waals surface area contributed by atoms with E-state index in [0.717, 1.165) is 12.8 Å². The van der Waals surface area contributed by atoms with Gasteiger partial charge in [-0.1, -0.05) is 25.5 Å². The summed E-state index contributed by atoms with van der Waals surface area (Å²) in [5.41, 5.74) is 0.548. The van der Waals surface area contributed by atoms with Crippen LogP contribution in [0.2, 0.25) is 0 Å². The number of carbonyl (C=O) groups excluding carboxylic acids is 1. The number of unbranched alkanes of at least 4 members (excludes halogenated alkanes) is 1. The topological polar surface area (TPSA) is 74.8 Å². The zero-order valence-electron chi connectivity index (χ0n) is 11.6. The number of nitrogens with one attached hydrogen (secondary N) is 2. The van der Waals surface area contributed by atoms with Gasteiger partial charge in [0, 0.05) is 19.4 Å². The van der Waals surface area contributed by atoms with Crippen LogP contribution in [0.1, 0.15) is 32.0 Å². The average molecular weight is 273 g/mol. The molecule has 0 aliphatic rings. The summed E-state index contributed by atoms with van der Waals surface area (Å²) in [6, 6.07) is 7.23. The molecule has 1 aromatic carbocycles. The monoisotopic (exact) mass is 273 g/mol. The fourth-order valence-electron chi connectivity index (χ4n) is 2.00. The van der Waals surface area contributed by atoms with Crippen LogP contribution in [0.4, 0.5) is 0 Å². The van der Waals surface area contributed by atoms with Gasteiger partial charge in [-0.2, -0.15) is 0 Å². The molecule has 0 spiro atoms. The molecule has 0 saturated carbocycles. The van der Waals surface area contributed by atoms with Gasteiger partial charge in [0.2, 0.25) is 5.91 Å². The van der Waals surface area contributed by atoms with Crippen LogP contribution in [-0.4, -0.2) is 22.4 Å². The Bertz CT molecular complexity index is 649. The summed E-state index contributed by atoms with van der Waals surface area (Å²) in [4.78, 5) is 30.5. The number of benzene rings is 1. The molecule has 1 heterocycles. The van der Waals surface area contributed by atoms with E-state index < -0.39 is 0 Å². The number of aromatic amines is 1. The van der Waals surface area contributed by atoms with Crippen molar-refractivity contribution in [2.75, 3.05) is 6.54 Å². The first kappa shape index (κ1) is 14.2. The number of fused-ring (bicyclic) bond motifs is 1. The highest BCUT2D eigenvalue weighted by Crippen LogP contribution is 2.05. The lowest BCUT2D eigenvalue weighted by Crippen LogP contribution is -2.26. The van der Waals surface area contributed by atoms with Gasteiger partial charge in [0.05, 0.1) is 10.9 Å². The summed E-state index contributed by atoms with van der Waals surface area (Å²) >= 11 is 0. The average Bonchev–Trinajstić information content (AvgIpc) is 2.45. The van der Waals surface area contributed by atoms with Crippen LogP contribution in [0.3, 0.4) is 0 Å². The summed E-state index contributed by atoms with van der Waals surface area (Å²) in [6.45, 7) is 2.54. The first-order valence-electron chi connectivity index (χ1n) is 6.95. The number of carbonyl (C=O) groups is 1. The van der Waals surface area contributed by atoms with Crippen LogP contribution in [-0.2, 0) is 11.2 Å². The first-order chi connectivity index (χ1) is 9.70. The summed E-state index contributed by atoms with van der Waals surface area (Å²) in [7, 11) is 0. The zero-order chi connectivity index (χ0) is 14.4. The van der Waals surface area contributed by atoms with Crippen molar-refractivity contribution in [2.45, 2.75) is 32.6 Å². The minimum Gasteiger partial charge on any atom is -0.356 e. The molecule has 106 valence electrons. The highest BCUT2D eigenvalue weighted by Gasteiger charge is 2.04. The molecule has 0 bridgehead atoms. The maximum atomic E-state index is 11.9. The first-order valence-corrected chi connectivity index (χ1v) is 6.95. The molecular formula is C15H19N3O2. The van der Waals surface area contributed by atoms with Gasteiger partial charge in [0.1, 0.15) is 5.82 Å². The van der Waals surface area contributed by atoms with E-state index in [1.807, 2.05) is 18.2 Å². The van der Waals surface area contributed by atoms with Crippen LogP contribution in [0.15, 0.2) is 29.1 Å². The van der Waals surface area contributed by atoms with Crippen molar-refractivity contribution in [3.8, 4) is 0 Å². The third-order valence-corrected chi connectivity index (χ3v) is 3.10. The molecule has 5 nitrogen and oxygen atoms in total. The molecular weight excluding hydrogens is 254 g/mol. The summed E-state index contributed by atoms with van der Waals surface area (Å²) in [6.07, 6.45) is 2.99. The number of para-hydroxylation sites is 1. The largest absolute Gasteiger partial charge is 0.356 e. The zero-order valence-corrected chi connectivity index (χ0v) is 11.6. The van der Waals surface area contributed by atoms with Crippen molar-refractivity contribution < 1.29 is 4.79 Å². The van der Waals surface area contributed by atoms with Crippen molar-refractivity contribution >= 4 is 16.8 Å². The molecule has 0 aliphatic heterocycles. The van der Waals surface area contributed by atoms with Gasteiger partial charge in [-0.15, -0.1) is 0 Å². The number of nitrogens with zero attached hydrogens (tertiary/aromatic N) is 1. The van der Waals surface area contributed by atoms with Crippen molar-refractivity contribution in [3.05, 3.63) is 40.4 Å².